The van der Waals surface area contributed by atoms with Crippen LogP contribution < -0.4 is 15.0 Å². The van der Waals surface area contributed by atoms with E-state index < -0.39 is 0 Å². The van der Waals surface area contributed by atoms with Crippen molar-refractivity contribution in [1.82, 2.24) is 14.8 Å². The maximum atomic E-state index is 13.6. The fourth-order valence-corrected chi connectivity index (χ4v) is 5.08. The lowest BCUT2D eigenvalue weighted by Crippen LogP contribution is -2.31. The number of carbonyl (C=O) groups is 2. The number of nitrogens with one attached hydrogen (secondary N) is 1. The van der Waals surface area contributed by atoms with Crippen LogP contribution in [0.5, 0.6) is 5.75 Å². The number of carbonyl (C=O) groups excluding carboxylic acids is 2. The first-order chi connectivity index (χ1) is 18.9. The Bertz CT molecular complexity index is 1550. The summed E-state index contributed by atoms with van der Waals surface area (Å²) in [5.41, 5.74) is 4.06. The molecule has 0 unspecified atom stereocenters. The van der Waals surface area contributed by atoms with Crippen LogP contribution in [0, 0.1) is 0 Å². The van der Waals surface area contributed by atoms with E-state index in [0.29, 0.717) is 35.4 Å². The summed E-state index contributed by atoms with van der Waals surface area (Å²) in [7, 11) is 1.79. The Labute approximate surface area is 232 Å². The molecule has 5 rings (SSSR count). The predicted octanol–water partition coefficient (Wildman–Crippen LogP) is 5.12. The van der Waals surface area contributed by atoms with Crippen molar-refractivity contribution in [2.24, 2.45) is 0 Å². The molecule has 2 aromatic heterocycles. The Morgan fingerprint density at radius 3 is 2.59 bits per heavy atom. The highest BCUT2D eigenvalue weighted by Gasteiger charge is 2.37. The van der Waals surface area contributed by atoms with Gasteiger partial charge in [0, 0.05) is 24.2 Å². The van der Waals surface area contributed by atoms with Gasteiger partial charge in [-0.25, -0.2) is 0 Å². The molecule has 200 valence electrons. The van der Waals surface area contributed by atoms with Gasteiger partial charge in [0.15, 0.2) is 5.11 Å². The molecule has 0 spiro atoms. The highest BCUT2D eigenvalue weighted by atomic mass is 32.1. The summed E-state index contributed by atoms with van der Waals surface area (Å²) < 4.78 is 12.8. The molecule has 0 bridgehead atoms. The van der Waals surface area contributed by atoms with E-state index in [1.54, 1.807) is 24.3 Å². The second-order valence-corrected chi connectivity index (χ2v) is 9.54. The number of anilines is 1. The van der Waals surface area contributed by atoms with Gasteiger partial charge in [0.2, 0.25) is 5.91 Å². The van der Waals surface area contributed by atoms with Crippen LogP contribution in [0.25, 0.3) is 17.0 Å². The second-order valence-electron chi connectivity index (χ2n) is 9.17. The minimum Gasteiger partial charge on any atom is -0.494 e. The number of likely N-dealkylation sites (N-methyl/N-ethyl adjacent to an activating group) is 1. The fourth-order valence-electron chi connectivity index (χ4n) is 4.79. The van der Waals surface area contributed by atoms with Gasteiger partial charge in [-0.2, -0.15) is 0 Å². The summed E-state index contributed by atoms with van der Waals surface area (Å²) >= 11 is 5.65. The van der Waals surface area contributed by atoms with Crippen LogP contribution in [-0.4, -0.2) is 40.0 Å². The lowest BCUT2D eigenvalue weighted by Gasteiger charge is -2.16. The summed E-state index contributed by atoms with van der Waals surface area (Å²) in [6.07, 6.45) is 6.16. The van der Waals surface area contributed by atoms with Crippen LogP contribution in [0.15, 0.2) is 77.2 Å². The first kappa shape index (κ1) is 26.2. The number of rotatable bonds is 9. The topological polar surface area (TPSA) is 80.0 Å². The molecule has 2 amide bonds. The molecular weight excluding hydrogens is 512 g/mol. The summed E-state index contributed by atoms with van der Waals surface area (Å²) in [4.78, 5) is 29.7. The quantitative estimate of drug-likeness (QED) is 0.234. The van der Waals surface area contributed by atoms with Crippen LogP contribution in [-0.2, 0) is 29.1 Å². The van der Waals surface area contributed by atoms with E-state index in [4.69, 9.17) is 21.4 Å². The second kappa shape index (κ2) is 11.2. The molecule has 1 N–H and O–H groups in total. The lowest BCUT2D eigenvalue weighted by molar-refractivity contribution is -0.121. The van der Waals surface area contributed by atoms with Crippen molar-refractivity contribution < 1.29 is 18.7 Å². The zero-order valence-corrected chi connectivity index (χ0v) is 23.0. The highest BCUT2D eigenvalue weighted by Crippen LogP contribution is 2.32. The minimum atomic E-state index is -0.213. The zero-order chi connectivity index (χ0) is 27.5. The number of hydrogen-bond donors (Lipinski definition) is 1. The van der Waals surface area contributed by atoms with Gasteiger partial charge in [0.05, 0.1) is 30.6 Å². The molecule has 39 heavy (non-hydrogen) atoms. The van der Waals surface area contributed by atoms with Crippen LogP contribution in [0.1, 0.15) is 30.7 Å². The Morgan fingerprint density at radius 2 is 1.90 bits per heavy atom. The number of para-hydroxylation sites is 1. The third-order valence-corrected chi connectivity index (χ3v) is 7.16. The molecule has 1 fully saturated rings. The van der Waals surface area contributed by atoms with Crippen molar-refractivity contribution in [3.05, 3.63) is 89.6 Å². The van der Waals surface area contributed by atoms with E-state index in [9.17, 15) is 9.59 Å². The van der Waals surface area contributed by atoms with E-state index >= 15 is 0 Å². The molecule has 1 saturated heterocycles. The SMILES string of the molecule is CCOc1ccc(N2C(=O)/C(=C/c3cn(CC(=O)NCc4ccco4)c4c(CC)cccc34)N(C)C2=S)cc1. The third-order valence-electron chi connectivity index (χ3n) is 6.71. The Morgan fingerprint density at radius 1 is 1.10 bits per heavy atom. The van der Waals surface area contributed by atoms with E-state index in [0.717, 1.165) is 34.2 Å². The Kier molecular flexibility index (Phi) is 7.51. The number of nitrogens with zero attached hydrogens (tertiary/aromatic N) is 3. The van der Waals surface area contributed by atoms with Crippen LogP contribution in [0.4, 0.5) is 5.69 Å². The molecule has 9 heteroatoms. The molecule has 0 aliphatic carbocycles. The van der Waals surface area contributed by atoms with Crippen molar-refractivity contribution in [2.45, 2.75) is 33.4 Å². The molecule has 4 aromatic rings. The number of amides is 2. The number of aryl methyl sites for hydroxylation is 1. The molecule has 0 atom stereocenters. The summed E-state index contributed by atoms with van der Waals surface area (Å²) in [6.45, 7) is 5.03. The first-order valence-electron chi connectivity index (χ1n) is 12.9. The van der Waals surface area contributed by atoms with Crippen molar-refractivity contribution in [1.29, 1.82) is 0 Å². The smallest absolute Gasteiger partial charge is 0.281 e. The van der Waals surface area contributed by atoms with Crippen LogP contribution in [0.2, 0.25) is 0 Å². The maximum absolute atomic E-state index is 13.6. The van der Waals surface area contributed by atoms with Gasteiger partial charge in [0.1, 0.15) is 23.8 Å². The highest BCUT2D eigenvalue weighted by molar-refractivity contribution is 7.80. The van der Waals surface area contributed by atoms with Gasteiger partial charge in [-0.1, -0.05) is 25.1 Å². The monoisotopic (exact) mass is 542 g/mol. The van der Waals surface area contributed by atoms with Crippen LogP contribution in [0.3, 0.4) is 0 Å². The van der Waals surface area contributed by atoms with Crippen molar-refractivity contribution in [2.75, 3.05) is 18.6 Å². The summed E-state index contributed by atoms with van der Waals surface area (Å²) in [5.74, 6) is 1.08. The molecular formula is C30H30N4O4S. The van der Waals surface area contributed by atoms with Crippen LogP contribution >= 0.6 is 12.2 Å². The van der Waals surface area contributed by atoms with E-state index in [1.807, 2.05) is 66.2 Å². The maximum Gasteiger partial charge on any atom is 0.281 e. The molecule has 2 aromatic carbocycles. The number of benzene rings is 2. The van der Waals surface area contributed by atoms with E-state index in [1.165, 1.54) is 4.90 Å². The third kappa shape index (κ3) is 5.18. The number of fused-ring (bicyclic) bond motifs is 1. The first-order valence-corrected chi connectivity index (χ1v) is 13.3. The van der Waals surface area contributed by atoms with E-state index in [2.05, 4.69) is 18.3 Å². The Hall–Kier alpha value is -4.37. The van der Waals surface area contributed by atoms with Gasteiger partial charge < -0.3 is 23.9 Å². The van der Waals surface area contributed by atoms with Gasteiger partial charge in [-0.3, -0.25) is 14.5 Å². The van der Waals surface area contributed by atoms with Crippen molar-refractivity contribution >= 4 is 51.8 Å². The Balaban J connectivity index is 1.47. The standard InChI is InChI=1S/C30H30N4O4S/c1-4-20-8-6-10-25-21(18-33(28(20)25)19-27(35)31-17-24-9-7-15-38-24)16-26-29(36)34(30(39)32(26)3)22-11-13-23(14-12-22)37-5-2/h6-16,18H,4-5,17,19H2,1-3H3,(H,31,35)/b26-16-. The van der Waals surface area contributed by atoms with Gasteiger partial charge >= 0.3 is 0 Å². The largest absolute Gasteiger partial charge is 0.494 e. The number of ether oxygens (including phenoxy) is 1. The number of aromatic nitrogens is 1. The molecule has 3 heterocycles. The fraction of sp³-hybridized carbons (Fsp3) is 0.233. The van der Waals surface area contributed by atoms with Crippen molar-refractivity contribution in [3.8, 4) is 5.75 Å². The van der Waals surface area contributed by atoms with Crippen molar-refractivity contribution in [3.63, 3.8) is 0 Å². The predicted molar refractivity (Wildman–Crippen MR) is 155 cm³/mol. The molecule has 0 saturated carbocycles. The lowest BCUT2D eigenvalue weighted by atomic mass is 10.1. The average Bonchev–Trinajstić information content (AvgIpc) is 3.64. The molecule has 8 nitrogen and oxygen atoms in total. The van der Waals surface area contributed by atoms with E-state index in [-0.39, 0.29) is 18.4 Å². The van der Waals surface area contributed by atoms with Gasteiger partial charge in [-0.05, 0) is 73.6 Å². The average molecular weight is 543 g/mol. The number of furan rings is 1. The molecule has 0 radical (unpaired) electrons. The zero-order valence-electron chi connectivity index (χ0n) is 22.1. The molecule has 1 aliphatic heterocycles. The summed E-state index contributed by atoms with van der Waals surface area (Å²) in [5, 5.41) is 4.27. The van der Waals surface area contributed by atoms with Gasteiger partial charge in [-0.15, -0.1) is 0 Å². The normalized spacial score (nSPS) is 14.6. The number of thiocarbonyl (C=S) groups is 1. The molecule has 1 aliphatic rings. The summed E-state index contributed by atoms with van der Waals surface area (Å²) in [6, 6.07) is 17.0. The number of hydrogen-bond acceptors (Lipinski definition) is 5. The van der Waals surface area contributed by atoms with Gasteiger partial charge in [0.25, 0.3) is 5.91 Å². The minimum absolute atomic E-state index is 0.134.